The van der Waals surface area contributed by atoms with E-state index in [0.717, 1.165) is 0 Å². The van der Waals surface area contributed by atoms with Crippen molar-refractivity contribution in [3.8, 4) is 0 Å². The number of fused-ring (bicyclic) bond motifs is 2. The van der Waals surface area contributed by atoms with Crippen molar-refractivity contribution in [3.05, 3.63) is 33.7 Å². The summed E-state index contributed by atoms with van der Waals surface area (Å²) in [4.78, 5) is 37.2. The molecule has 0 spiro atoms. The van der Waals surface area contributed by atoms with Gasteiger partial charge in [-0.05, 0) is 13.8 Å². The van der Waals surface area contributed by atoms with E-state index in [9.17, 15) is 14.4 Å². The van der Waals surface area contributed by atoms with E-state index in [1.807, 2.05) is 6.92 Å². The molecule has 0 radical (unpaired) electrons. The van der Waals surface area contributed by atoms with Gasteiger partial charge in [0.25, 0.3) is 5.91 Å². The topological polar surface area (TPSA) is 68.6 Å². The lowest BCUT2D eigenvalue weighted by Crippen LogP contribution is -2.48. The summed E-state index contributed by atoms with van der Waals surface area (Å²) in [5, 5.41) is 0. The molecule has 1 fully saturated rings. The summed E-state index contributed by atoms with van der Waals surface area (Å²) in [5.74, 6) is -0.510. The van der Waals surface area contributed by atoms with Crippen molar-refractivity contribution < 1.29 is 14.3 Å². The fourth-order valence-corrected chi connectivity index (χ4v) is 2.64. The molecule has 0 aliphatic carbocycles. The maximum absolute atomic E-state index is 12.3. The molecule has 0 bridgehead atoms. The summed E-state index contributed by atoms with van der Waals surface area (Å²) in [6.45, 7) is 4.20. The Kier molecular flexibility index (Phi) is 2.56. The maximum atomic E-state index is 12.3. The van der Waals surface area contributed by atoms with Crippen LogP contribution in [0.5, 0.6) is 0 Å². The number of Topliss-reactive ketones (excluding diaryl/α,β-unsaturated/α-hetero) is 1. The first-order valence-electron chi connectivity index (χ1n) is 6.18. The quantitative estimate of drug-likeness (QED) is 0.680. The molecule has 6 nitrogen and oxygen atoms in total. The summed E-state index contributed by atoms with van der Waals surface area (Å²) >= 11 is 0. The first kappa shape index (κ1) is 12.1. The van der Waals surface area contributed by atoms with Crippen LogP contribution in [0.2, 0.25) is 0 Å². The Balaban J connectivity index is 2.13. The molecule has 1 aromatic rings. The SMILES string of the molecule is CC(=O)c1cn2c(cc1=O)C(=O)N1[C@@H](C)CO[C@@H]1C2. The van der Waals surface area contributed by atoms with E-state index >= 15 is 0 Å². The molecule has 1 aromatic heterocycles. The molecule has 0 unspecified atom stereocenters. The van der Waals surface area contributed by atoms with E-state index in [0.29, 0.717) is 18.8 Å². The van der Waals surface area contributed by atoms with Gasteiger partial charge in [-0.2, -0.15) is 0 Å². The Morgan fingerprint density at radius 1 is 1.42 bits per heavy atom. The van der Waals surface area contributed by atoms with Crippen molar-refractivity contribution >= 4 is 11.7 Å². The maximum Gasteiger partial charge on any atom is 0.273 e. The van der Waals surface area contributed by atoms with Crippen LogP contribution in [0.3, 0.4) is 0 Å². The number of ether oxygens (including phenoxy) is 1. The van der Waals surface area contributed by atoms with Crippen molar-refractivity contribution in [1.82, 2.24) is 9.47 Å². The van der Waals surface area contributed by atoms with Gasteiger partial charge in [0, 0.05) is 12.3 Å². The van der Waals surface area contributed by atoms with Crippen LogP contribution in [0, 0.1) is 0 Å². The number of carbonyl (C=O) groups is 2. The van der Waals surface area contributed by atoms with Crippen LogP contribution < -0.4 is 5.43 Å². The third-order valence-electron chi connectivity index (χ3n) is 3.63. The molecule has 3 heterocycles. The van der Waals surface area contributed by atoms with E-state index in [2.05, 4.69) is 0 Å². The van der Waals surface area contributed by atoms with E-state index < -0.39 is 5.43 Å². The van der Waals surface area contributed by atoms with Gasteiger partial charge in [0.15, 0.2) is 17.4 Å². The zero-order valence-corrected chi connectivity index (χ0v) is 10.8. The van der Waals surface area contributed by atoms with Gasteiger partial charge in [0.05, 0.1) is 24.8 Å². The van der Waals surface area contributed by atoms with Gasteiger partial charge in [0.2, 0.25) is 0 Å². The van der Waals surface area contributed by atoms with E-state index in [4.69, 9.17) is 4.74 Å². The van der Waals surface area contributed by atoms with Crippen LogP contribution in [0.4, 0.5) is 0 Å². The number of rotatable bonds is 1. The van der Waals surface area contributed by atoms with Crippen LogP contribution in [0.15, 0.2) is 17.1 Å². The van der Waals surface area contributed by atoms with Crippen LogP contribution in [-0.2, 0) is 11.3 Å². The van der Waals surface area contributed by atoms with Gasteiger partial charge in [-0.25, -0.2) is 0 Å². The second-order valence-corrected chi connectivity index (χ2v) is 4.99. The zero-order chi connectivity index (χ0) is 13.7. The molecule has 2 aliphatic heterocycles. The predicted octanol–water partition coefficient (Wildman–Crippen LogP) is 0.251. The fourth-order valence-electron chi connectivity index (χ4n) is 2.64. The number of hydrogen-bond acceptors (Lipinski definition) is 4. The van der Waals surface area contributed by atoms with Crippen molar-refractivity contribution in [2.24, 2.45) is 0 Å². The normalized spacial score (nSPS) is 25.2. The summed E-state index contributed by atoms with van der Waals surface area (Å²) in [6, 6.07) is 1.26. The van der Waals surface area contributed by atoms with Crippen LogP contribution in [-0.4, -0.2) is 40.0 Å². The fraction of sp³-hybridized carbons (Fsp3) is 0.462. The molecular formula is C13H14N2O4. The minimum atomic E-state index is -0.404. The van der Waals surface area contributed by atoms with Gasteiger partial charge in [-0.3, -0.25) is 14.4 Å². The lowest BCUT2D eigenvalue weighted by Gasteiger charge is -2.33. The summed E-state index contributed by atoms with van der Waals surface area (Å²) < 4.78 is 7.19. The monoisotopic (exact) mass is 262 g/mol. The molecule has 0 aromatic carbocycles. The third kappa shape index (κ3) is 1.71. The Bertz CT molecular complexity index is 634. The smallest absolute Gasteiger partial charge is 0.273 e. The van der Waals surface area contributed by atoms with Gasteiger partial charge in [-0.1, -0.05) is 0 Å². The highest BCUT2D eigenvalue weighted by molar-refractivity contribution is 5.97. The molecule has 19 heavy (non-hydrogen) atoms. The van der Waals surface area contributed by atoms with Crippen molar-refractivity contribution in [2.45, 2.75) is 32.7 Å². The average molecular weight is 262 g/mol. The molecule has 2 atom stereocenters. The second-order valence-electron chi connectivity index (χ2n) is 4.99. The lowest BCUT2D eigenvalue weighted by atomic mass is 10.1. The molecule has 3 rings (SSSR count). The minimum absolute atomic E-state index is 0.00818. The van der Waals surface area contributed by atoms with E-state index in [1.54, 1.807) is 9.47 Å². The second kappa shape index (κ2) is 4.03. The number of hydrogen-bond donors (Lipinski definition) is 0. The molecule has 1 saturated heterocycles. The zero-order valence-electron chi connectivity index (χ0n) is 10.8. The third-order valence-corrected chi connectivity index (χ3v) is 3.63. The number of pyridine rings is 1. The largest absolute Gasteiger partial charge is 0.354 e. The highest BCUT2D eigenvalue weighted by Gasteiger charge is 2.40. The van der Waals surface area contributed by atoms with Crippen molar-refractivity contribution in [2.75, 3.05) is 6.61 Å². The Morgan fingerprint density at radius 3 is 2.84 bits per heavy atom. The van der Waals surface area contributed by atoms with Crippen LogP contribution in [0.1, 0.15) is 34.7 Å². The highest BCUT2D eigenvalue weighted by Crippen LogP contribution is 2.25. The molecule has 1 amide bonds. The van der Waals surface area contributed by atoms with Crippen LogP contribution in [0.25, 0.3) is 0 Å². The standard InChI is InChI=1S/C13H14N2O4/c1-7-6-19-12-5-14-4-9(8(2)16)11(17)3-10(14)13(18)15(7)12/h3-4,7,12H,5-6H2,1-2H3/t7-,12+/m0/s1. The summed E-state index contributed by atoms with van der Waals surface area (Å²) in [5.41, 5.74) is 0.0259. The molecule has 100 valence electrons. The summed E-state index contributed by atoms with van der Waals surface area (Å²) in [7, 11) is 0. The van der Waals surface area contributed by atoms with Gasteiger partial charge in [0.1, 0.15) is 5.69 Å². The van der Waals surface area contributed by atoms with Crippen molar-refractivity contribution in [1.29, 1.82) is 0 Å². The van der Waals surface area contributed by atoms with Crippen molar-refractivity contribution in [3.63, 3.8) is 0 Å². The first-order chi connectivity index (χ1) is 8.99. The molecule has 6 heteroatoms. The lowest BCUT2D eigenvalue weighted by molar-refractivity contribution is 0.00675. The number of amides is 1. The van der Waals surface area contributed by atoms with Gasteiger partial charge < -0.3 is 14.2 Å². The Hall–Kier alpha value is -1.95. The highest BCUT2D eigenvalue weighted by atomic mass is 16.5. The van der Waals surface area contributed by atoms with Crippen LogP contribution >= 0.6 is 0 Å². The van der Waals surface area contributed by atoms with Gasteiger partial charge in [-0.15, -0.1) is 0 Å². The number of ketones is 1. The Morgan fingerprint density at radius 2 is 2.16 bits per heavy atom. The van der Waals surface area contributed by atoms with E-state index in [1.165, 1.54) is 19.2 Å². The summed E-state index contributed by atoms with van der Waals surface area (Å²) in [6.07, 6.45) is 1.15. The minimum Gasteiger partial charge on any atom is -0.354 e. The number of carbonyl (C=O) groups excluding carboxylic acids is 2. The first-order valence-corrected chi connectivity index (χ1v) is 6.18. The molecular weight excluding hydrogens is 248 g/mol. The van der Waals surface area contributed by atoms with Gasteiger partial charge >= 0.3 is 0 Å². The Labute approximate surface area is 109 Å². The molecule has 0 N–H and O–H groups in total. The average Bonchev–Trinajstić information content (AvgIpc) is 2.71. The molecule has 0 saturated carbocycles. The number of nitrogens with zero attached hydrogens (tertiary/aromatic N) is 2. The number of aromatic nitrogens is 1. The predicted molar refractivity (Wildman–Crippen MR) is 66.1 cm³/mol. The molecule has 2 aliphatic rings. The van der Waals surface area contributed by atoms with E-state index in [-0.39, 0.29) is 29.5 Å².